The SMILES string of the molecule is C[C@@H]1CN(C(=O)CSc2nc(-c3cccs3)c(-c3cccs3)[nH]2)C[C@@H](C)O1. The Balaban J connectivity index is 1.50. The molecule has 5 nitrogen and oxygen atoms in total. The van der Waals surface area contributed by atoms with Crippen LogP contribution in [0.5, 0.6) is 0 Å². The Morgan fingerprint density at radius 3 is 2.52 bits per heavy atom. The Hall–Kier alpha value is -1.61. The van der Waals surface area contributed by atoms with Gasteiger partial charge < -0.3 is 14.6 Å². The highest BCUT2D eigenvalue weighted by Gasteiger charge is 2.26. The fourth-order valence-corrected chi connectivity index (χ4v) is 5.43. The van der Waals surface area contributed by atoms with Crippen LogP contribution in [0.3, 0.4) is 0 Å². The maximum atomic E-state index is 12.6. The summed E-state index contributed by atoms with van der Waals surface area (Å²) in [6.07, 6.45) is 0.171. The number of nitrogens with zero attached hydrogens (tertiary/aromatic N) is 2. The second-order valence-electron chi connectivity index (χ2n) is 6.56. The molecular formula is C19H21N3O2S3. The minimum absolute atomic E-state index is 0.0853. The number of thiophene rings is 2. The standard InChI is InChI=1S/C19H21N3O2S3/c1-12-9-22(10-13(2)24-12)16(23)11-27-19-20-17(14-5-3-7-25-14)18(21-19)15-6-4-8-26-15/h3-8,12-13H,9-11H2,1-2H3,(H,20,21)/t12-,13-/m1/s1. The Labute approximate surface area is 170 Å². The number of aromatic nitrogens is 2. The van der Waals surface area contributed by atoms with E-state index in [4.69, 9.17) is 9.72 Å². The molecule has 0 saturated carbocycles. The highest BCUT2D eigenvalue weighted by Crippen LogP contribution is 2.36. The number of hydrogen-bond acceptors (Lipinski definition) is 6. The molecule has 1 fully saturated rings. The van der Waals surface area contributed by atoms with Gasteiger partial charge in [0.05, 0.1) is 33.4 Å². The minimum atomic E-state index is 0.0853. The quantitative estimate of drug-likeness (QED) is 0.614. The van der Waals surface area contributed by atoms with Gasteiger partial charge in [0, 0.05) is 13.1 Å². The zero-order valence-corrected chi connectivity index (χ0v) is 17.6. The van der Waals surface area contributed by atoms with Crippen LogP contribution < -0.4 is 0 Å². The summed E-state index contributed by atoms with van der Waals surface area (Å²) in [5.41, 5.74) is 1.98. The normalized spacial score (nSPS) is 20.1. The molecule has 0 aromatic carbocycles. The molecule has 2 atom stereocenters. The Morgan fingerprint density at radius 1 is 1.22 bits per heavy atom. The van der Waals surface area contributed by atoms with Crippen LogP contribution >= 0.6 is 34.4 Å². The van der Waals surface area contributed by atoms with Gasteiger partial charge in [0.15, 0.2) is 5.16 Å². The van der Waals surface area contributed by atoms with Crippen LogP contribution in [-0.4, -0.2) is 51.8 Å². The van der Waals surface area contributed by atoms with Crippen LogP contribution in [0, 0.1) is 0 Å². The van der Waals surface area contributed by atoms with Gasteiger partial charge in [-0.25, -0.2) is 4.98 Å². The maximum Gasteiger partial charge on any atom is 0.233 e. The van der Waals surface area contributed by atoms with E-state index in [0.29, 0.717) is 18.8 Å². The van der Waals surface area contributed by atoms with Crippen molar-refractivity contribution in [3.05, 3.63) is 35.0 Å². The van der Waals surface area contributed by atoms with Crippen LogP contribution in [0.2, 0.25) is 0 Å². The number of rotatable bonds is 5. The highest BCUT2D eigenvalue weighted by molar-refractivity contribution is 7.99. The summed E-state index contributed by atoms with van der Waals surface area (Å²) in [6, 6.07) is 8.24. The first-order valence-corrected chi connectivity index (χ1v) is 11.6. The van der Waals surface area contributed by atoms with Gasteiger partial charge in [-0.3, -0.25) is 4.79 Å². The number of ether oxygens (including phenoxy) is 1. The number of imidazole rings is 1. The predicted octanol–water partition coefficient (Wildman–Crippen LogP) is 4.59. The summed E-state index contributed by atoms with van der Waals surface area (Å²) in [7, 11) is 0. The van der Waals surface area contributed by atoms with Gasteiger partial charge in [0.1, 0.15) is 5.69 Å². The van der Waals surface area contributed by atoms with Crippen LogP contribution in [0.1, 0.15) is 13.8 Å². The maximum absolute atomic E-state index is 12.6. The highest BCUT2D eigenvalue weighted by atomic mass is 32.2. The van der Waals surface area contributed by atoms with E-state index in [1.807, 2.05) is 30.9 Å². The first kappa shape index (κ1) is 18.7. The van der Waals surface area contributed by atoms with E-state index in [9.17, 15) is 4.79 Å². The zero-order valence-electron chi connectivity index (χ0n) is 15.2. The van der Waals surface area contributed by atoms with E-state index in [2.05, 4.69) is 27.9 Å². The van der Waals surface area contributed by atoms with Gasteiger partial charge in [0.2, 0.25) is 5.91 Å². The number of hydrogen-bond donors (Lipinski definition) is 1. The second kappa shape index (κ2) is 8.18. The number of morpholine rings is 1. The van der Waals surface area contributed by atoms with E-state index in [1.165, 1.54) is 11.8 Å². The number of aromatic amines is 1. The second-order valence-corrected chi connectivity index (χ2v) is 9.42. The summed E-state index contributed by atoms with van der Waals surface area (Å²) < 4.78 is 5.71. The summed E-state index contributed by atoms with van der Waals surface area (Å²) in [5, 5.41) is 4.90. The molecular weight excluding hydrogens is 398 g/mol. The van der Waals surface area contributed by atoms with Crippen molar-refractivity contribution in [1.29, 1.82) is 0 Å². The average molecular weight is 420 g/mol. The van der Waals surface area contributed by atoms with Crippen LogP contribution in [0.25, 0.3) is 21.1 Å². The number of H-pyrrole nitrogens is 1. The molecule has 3 aromatic rings. The van der Waals surface area contributed by atoms with Gasteiger partial charge in [0.25, 0.3) is 0 Å². The van der Waals surface area contributed by atoms with Crippen LogP contribution in [0.15, 0.2) is 40.2 Å². The van der Waals surface area contributed by atoms with E-state index >= 15 is 0 Å². The first-order chi connectivity index (χ1) is 13.1. The molecule has 3 aromatic heterocycles. The smallest absolute Gasteiger partial charge is 0.233 e. The molecule has 27 heavy (non-hydrogen) atoms. The lowest BCUT2D eigenvalue weighted by Crippen LogP contribution is -2.48. The van der Waals surface area contributed by atoms with Crippen molar-refractivity contribution in [1.82, 2.24) is 14.9 Å². The molecule has 1 saturated heterocycles. The van der Waals surface area contributed by atoms with Crippen molar-refractivity contribution in [2.75, 3.05) is 18.8 Å². The number of nitrogens with one attached hydrogen (secondary N) is 1. The molecule has 1 aliphatic rings. The fraction of sp³-hybridized carbons (Fsp3) is 0.368. The van der Waals surface area contributed by atoms with E-state index < -0.39 is 0 Å². The van der Waals surface area contributed by atoms with Crippen LogP contribution in [0.4, 0.5) is 0 Å². The van der Waals surface area contributed by atoms with Gasteiger partial charge >= 0.3 is 0 Å². The Bertz CT molecular complexity index is 828. The van der Waals surface area contributed by atoms with Crippen molar-refractivity contribution >= 4 is 40.3 Å². The molecule has 1 N–H and O–H groups in total. The lowest BCUT2D eigenvalue weighted by molar-refractivity contribution is -0.140. The number of amides is 1. The van der Waals surface area contributed by atoms with E-state index in [-0.39, 0.29) is 18.1 Å². The summed E-state index contributed by atoms with van der Waals surface area (Å²) >= 11 is 4.82. The Morgan fingerprint density at radius 2 is 1.89 bits per heavy atom. The lowest BCUT2D eigenvalue weighted by atomic mass is 10.2. The number of carbonyl (C=O) groups is 1. The molecule has 1 amide bonds. The van der Waals surface area contributed by atoms with Crippen LogP contribution in [-0.2, 0) is 9.53 Å². The molecule has 4 rings (SSSR count). The van der Waals surface area contributed by atoms with E-state index in [0.717, 1.165) is 26.3 Å². The lowest BCUT2D eigenvalue weighted by Gasteiger charge is -2.35. The predicted molar refractivity (Wildman–Crippen MR) is 113 cm³/mol. The largest absolute Gasteiger partial charge is 0.372 e. The van der Waals surface area contributed by atoms with E-state index in [1.54, 1.807) is 22.7 Å². The van der Waals surface area contributed by atoms with Crippen molar-refractivity contribution < 1.29 is 9.53 Å². The summed E-state index contributed by atoms with van der Waals surface area (Å²) in [4.78, 5) is 25.0. The van der Waals surface area contributed by atoms with Crippen molar-refractivity contribution in [3.63, 3.8) is 0 Å². The molecule has 0 spiro atoms. The monoisotopic (exact) mass is 419 g/mol. The van der Waals surface area contributed by atoms with Gasteiger partial charge in [-0.15, -0.1) is 22.7 Å². The molecule has 8 heteroatoms. The molecule has 0 unspecified atom stereocenters. The molecule has 4 heterocycles. The van der Waals surface area contributed by atoms with Crippen molar-refractivity contribution in [3.8, 4) is 21.1 Å². The Kier molecular flexibility index (Phi) is 5.68. The van der Waals surface area contributed by atoms with Crippen molar-refractivity contribution in [2.24, 2.45) is 0 Å². The number of carbonyl (C=O) groups excluding carboxylic acids is 1. The third-order valence-corrected chi connectivity index (χ3v) is 6.93. The number of thioether (sulfide) groups is 1. The van der Waals surface area contributed by atoms with Gasteiger partial charge in [-0.05, 0) is 36.7 Å². The minimum Gasteiger partial charge on any atom is -0.372 e. The molecule has 1 aliphatic heterocycles. The zero-order chi connectivity index (χ0) is 18.8. The molecule has 0 bridgehead atoms. The topological polar surface area (TPSA) is 58.2 Å². The summed E-state index contributed by atoms with van der Waals surface area (Å²) in [6.45, 7) is 5.33. The van der Waals surface area contributed by atoms with Gasteiger partial charge in [-0.2, -0.15) is 0 Å². The third kappa shape index (κ3) is 4.29. The third-order valence-electron chi connectivity index (χ3n) is 4.31. The average Bonchev–Trinajstić information content (AvgIpc) is 3.39. The summed E-state index contributed by atoms with van der Waals surface area (Å²) in [5.74, 6) is 0.509. The van der Waals surface area contributed by atoms with Gasteiger partial charge in [-0.1, -0.05) is 23.9 Å². The molecule has 142 valence electrons. The fourth-order valence-electron chi connectivity index (χ4n) is 3.21. The molecule has 0 radical (unpaired) electrons. The first-order valence-electron chi connectivity index (χ1n) is 8.84. The van der Waals surface area contributed by atoms with Crippen molar-refractivity contribution in [2.45, 2.75) is 31.2 Å². The molecule has 0 aliphatic carbocycles.